The second-order valence-corrected chi connectivity index (χ2v) is 3.85. The largest absolute Gasteiger partial charge is 0.481 e. The molecule has 9 heteroatoms. The maximum Gasteiger partial charge on any atom is 0.419 e. The van der Waals surface area contributed by atoms with E-state index in [0.29, 0.717) is 12.1 Å². The topological polar surface area (TPSA) is 70.3 Å². The number of nitrogens with two attached hydrogens (primary N) is 1. The van der Waals surface area contributed by atoms with Gasteiger partial charge in [0.2, 0.25) is 17.7 Å². The molecular weight excluding hydrogens is 294 g/mol. The van der Waals surface area contributed by atoms with Crippen LogP contribution in [0.25, 0.3) is 0 Å². The van der Waals surface area contributed by atoms with E-state index >= 15 is 0 Å². The van der Waals surface area contributed by atoms with E-state index < -0.39 is 17.6 Å². The monoisotopic (exact) mass is 303 g/mol. The number of methoxy groups -OCH3 is 1. The third kappa shape index (κ3) is 3.50. The Labute approximate surface area is 116 Å². The Bertz CT molecular complexity index is 661. The van der Waals surface area contributed by atoms with Gasteiger partial charge in [-0.1, -0.05) is 0 Å². The third-order valence-electron chi connectivity index (χ3n) is 2.37. The molecule has 0 fully saturated rings. The zero-order chi connectivity index (χ0) is 15.6. The van der Waals surface area contributed by atoms with Gasteiger partial charge in [0.15, 0.2) is 0 Å². The van der Waals surface area contributed by atoms with Crippen molar-refractivity contribution >= 4 is 5.95 Å². The first kappa shape index (κ1) is 14.8. The van der Waals surface area contributed by atoms with Gasteiger partial charge in [-0.3, -0.25) is 0 Å². The molecule has 1 aromatic carbocycles. The molecule has 0 unspecified atom stereocenters. The molecule has 2 aromatic rings. The van der Waals surface area contributed by atoms with Crippen LogP contribution < -0.4 is 15.2 Å². The number of nitrogens with zero attached hydrogens (tertiary/aromatic N) is 2. The first-order valence-electron chi connectivity index (χ1n) is 5.53. The minimum Gasteiger partial charge on any atom is -0.481 e. The van der Waals surface area contributed by atoms with Crippen molar-refractivity contribution in [1.29, 1.82) is 0 Å². The molecule has 1 heterocycles. The molecule has 0 aliphatic rings. The van der Waals surface area contributed by atoms with Crippen molar-refractivity contribution in [3.63, 3.8) is 0 Å². The minimum absolute atomic E-state index is 0.0793. The van der Waals surface area contributed by atoms with E-state index in [9.17, 15) is 17.6 Å². The van der Waals surface area contributed by atoms with Gasteiger partial charge in [0, 0.05) is 0 Å². The fourth-order valence-corrected chi connectivity index (χ4v) is 1.48. The minimum atomic E-state index is -4.83. The Balaban J connectivity index is 2.34. The SMILES string of the molecule is COc1cc(Oc2ccc(F)c(C(F)(F)F)c2)nc(N)n1. The molecule has 1 aromatic heterocycles. The highest BCUT2D eigenvalue weighted by Gasteiger charge is 2.34. The van der Waals surface area contributed by atoms with Crippen molar-refractivity contribution < 1.29 is 27.0 Å². The van der Waals surface area contributed by atoms with Crippen LogP contribution in [0.15, 0.2) is 24.3 Å². The summed E-state index contributed by atoms with van der Waals surface area (Å²) in [5.74, 6) is -1.87. The fourth-order valence-electron chi connectivity index (χ4n) is 1.48. The second-order valence-electron chi connectivity index (χ2n) is 3.85. The average molecular weight is 303 g/mol. The number of ether oxygens (including phenoxy) is 2. The zero-order valence-corrected chi connectivity index (χ0v) is 10.6. The lowest BCUT2D eigenvalue weighted by Gasteiger charge is -2.11. The maximum absolute atomic E-state index is 13.1. The lowest BCUT2D eigenvalue weighted by molar-refractivity contribution is -0.140. The number of hydrogen-bond acceptors (Lipinski definition) is 5. The van der Waals surface area contributed by atoms with Gasteiger partial charge in [0.25, 0.3) is 0 Å². The first-order valence-corrected chi connectivity index (χ1v) is 5.53. The molecule has 0 aliphatic carbocycles. The molecule has 21 heavy (non-hydrogen) atoms. The predicted octanol–water partition coefficient (Wildman–Crippen LogP) is 3.02. The Morgan fingerprint density at radius 1 is 1.10 bits per heavy atom. The number of nitrogen functional groups attached to an aromatic ring is 1. The molecule has 0 saturated carbocycles. The van der Waals surface area contributed by atoms with Crippen LogP contribution in [0.4, 0.5) is 23.5 Å². The summed E-state index contributed by atoms with van der Waals surface area (Å²) in [6.45, 7) is 0. The zero-order valence-electron chi connectivity index (χ0n) is 10.6. The number of anilines is 1. The molecule has 5 nitrogen and oxygen atoms in total. The standard InChI is InChI=1S/C12H9F4N3O2/c1-20-9-5-10(19-11(17)18-9)21-6-2-3-8(13)7(4-6)12(14,15)16/h2-5H,1H3,(H2,17,18,19). The summed E-state index contributed by atoms with van der Waals surface area (Å²) >= 11 is 0. The number of halogens is 4. The number of alkyl halides is 3. The predicted molar refractivity (Wildman–Crippen MR) is 64.5 cm³/mol. The molecular formula is C12H9F4N3O2. The van der Waals surface area contributed by atoms with E-state index in [2.05, 4.69) is 9.97 Å². The normalized spacial score (nSPS) is 11.3. The van der Waals surface area contributed by atoms with Crippen LogP contribution in [0.3, 0.4) is 0 Å². The number of hydrogen-bond donors (Lipinski definition) is 1. The van der Waals surface area contributed by atoms with E-state index in [1.807, 2.05) is 0 Å². The molecule has 2 rings (SSSR count). The smallest absolute Gasteiger partial charge is 0.419 e. The van der Waals surface area contributed by atoms with E-state index in [0.717, 1.165) is 6.07 Å². The second kappa shape index (κ2) is 5.43. The van der Waals surface area contributed by atoms with Crippen LogP contribution in [0.5, 0.6) is 17.5 Å². The van der Waals surface area contributed by atoms with E-state index in [-0.39, 0.29) is 23.5 Å². The van der Waals surface area contributed by atoms with Crippen molar-refractivity contribution in [2.75, 3.05) is 12.8 Å². The molecule has 0 aliphatic heterocycles. The Morgan fingerprint density at radius 3 is 2.38 bits per heavy atom. The van der Waals surface area contributed by atoms with Crippen LogP contribution in [0, 0.1) is 5.82 Å². The van der Waals surface area contributed by atoms with Gasteiger partial charge in [-0.05, 0) is 18.2 Å². The van der Waals surface area contributed by atoms with E-state index in [1.165, 1.54) is 13.2 Å². The third-order valence-corrected chi connectivity index (χ3v) is 2.37. The summed E-state index contributed by atoms with van der Waals surface area (Å²) in [7, 11) is 1.32. The lowest BCUT2D eigenvalue weighted by Crippen LogP contribution is -2.08. The molecule has 0 bridgehead atoms. The number of rotatable bonds is 3. The quantitative estimate of drug-likeness (QED) is 0.883. The average Bonchev–Trinajstić information content (AvgIpc) is 2.39. The molecule has 2 N–H and O–H groups in total. The van der Waals surface area contributed by atoms with Crippen molar-refractivity contribution in [1.82, 2.24) is 9.97 Å². The van der Waals surface area contributed by atoms with Crippen molar-refractivity contribution in [3.8, 4) is 17.5 Å². The van der Waals surface area contributed by atoms with Crippen LogP contribution in [0.1, 0.15) is 5.56 Å². The van der Waals surface area contributed by atoms with Crippen molar-refractivity contribution in [2.24, 2.45) is 0 Å². The Hall–Kier alpha value is -2.58. The number of benzene rings is 1. The fraction of sp³-hybridized carbons (Fsp3) is 0.167. The summed E-state index contributed by atoms with van der Waals surface area (Å²) in [5.41, 5.74) is 3.95. The molecule has 0 saturated heterocycles. The molecule has 0 radical (unpaired) electrons. The van der Waals surface area contributed by atoms with Gasteiger partial charge in [0.1, 0.15) is 11.6 Å². The van der Waals surface area contributed by atoms with Gasteiger partial charge >= 0.3 is 6.18 Å². The van der Waals surface area contributed by atoms with E-state index in [1.54, 1.807) is 0 Å². The summed E-state index contributed by atoms with van der Waals surface area (Å²) in [6.07, 6.45) is -4.83. The van der Waals surface area contributed by atoms with Crippen LogP contribution in [0.2, 0.25) is 0 Å². The Kier molecular flexibility index (Phi) is 3.83. The van der Waals surface area contributed by atoms with Crippen LogP contribution in [-0.4, -0.2) is 17.1 Å². The molecule has 0 amide bonds. The van der Waals surface area contributed by atoms with Gasteiger partial charge < -0.3 is 15.2 Å². The van der Waals surface area contributed by atoms with Gasteiger partial charge in [-0.2, -0.15) is 23.1 Å². The first-order chi connectivity index (χ1) is 9.79. The maximum atomic E-state index is 13.1. The highest BCUT2D eigenvalue weighted by molar-refractivity contribution is 5.36. The molecule has 0 spiro atoms. The number of aromatic nitrogens is 2. The van der Waals surface area contributed by atoms with E-state index in [4.69, 9.17) is 15.2 Å². The molecule has 0 atom stereocenters. The summed E-state index contributed by atoms with van der Waals surface area (Å²) < 4.78 is 60.8. The van der Waals surface area contributed by atoms with Crippen LogP contribution in [-0.2, 0) is 6.18 Å². The Morgan fingerprint density at radius 2 is 1.76 bits per heavy atom. The lowest BCUT2D eigenvalue weighted by atomic mass is 10.2. The van der Waals surface area contributed by atoms with Crippen LogP contribution >= 0.6 is 0 Å². The summed E-state index contributed by atoms with van der Waals surface area (Å²) in [6, 6.07) is 3.45. The van der Waals surface area contributed by atoms with Crippen molar-refractivity contribution in [3.05, 3.63) is 35.6 Å². The summed E-state index contributed by atoms with van der Waals surface area (Å²) in [5, 5.41) is 0. The van der Waals surface area contributed by atoms with Gasteiger partial charge in [-0.25, -0.2) is 4.39 Å². The summed E-state index contributed by atoms with van der Waals surface area (Å²) in [4.78, 5) is 7.37. The van der Waals surface area contributed by atoms with Gasteiger partial charge in [-0.15, -0.1) is 0 Å². The molecule has 112 valence electrons. The van der Waals surface area contributed by atoms with Gasteiger partial charge in [0.05, 0.1) is 18.7 Å². The highest BCUT2D eigenvalue weighted by Crippen LogP contribution is 2.34. The van der Waals surface area contributed by atoms with Crippen molar-refractivity contribution in [2.45, 2.75) is 6.18 Å². The highest BCUT2D eigenvalue weighted by atomic mass is 19.4.